The molecule has 6 nitrogen and oxygen atoms in total. The molecule has 6 rings (SSSR count). The van der Waals surface area contributed by atoms with Crippen molar-refractivity contribution in [1.29, 1.82) is 0 Å². The molecule has 2 aromatic heterocycles. The molecule has 0 radical (unpaired) electrons. The van der Waals surface area contributed by atoms with Gasteiger partial charge in [-0.3, -0.25) is 0 Å². The SMILES string of the molecule is O=C(Oc1ccc2nc(N3CCCC3)sc2c1)c1cc2c(ccc3ccccc32)oc1=O. The lowest BCUT2D eigenvalue weighted by Crippen LogP contribution is -2.18. The molecule has 0 amide bonds. The van der Waals surface area contributed by atoms with E-state index in [1.807, 2.05) is 36.4 Å². The quantitative estimate of drug-likeness (QED) is 0.162. The van der Waals surface area contributed by atoms with Gasteiger partial charge in [-0.1, -0.05) is 41.7 Å². The number of aromatic nitrogens is 1. The third-order valence-corrected chi connectivity index (χ3v) is 6.88. The number of carbonyl (C=O) groups is 1. The van der Waals surface area contributed by atoms with E-state index in [4.69, 9.17) is 9.15 Å². The predicted octanol–water partition coefficient (Wildman–Crippen LogP) is 5.38. The van der Waals surface area contributed by atoms with Crippen molar-refractivity contribution in [3.8, 4) is 5.75 Å². The maximum Gasteiger partial charge on any atom is 0.351 e. The smallest absolute Gasteiger partial charge is 0.351 e. The number of carbonyl (C=O) groups excluding carboxylic acids is 1. The van der Waals surface area contributed by atoms with Crippen LogP contribution < -0.4 is 15.3 Å². The van der Waals surface area contributed by atoms with Gasteiger partial charge in [0, 0.05) is 24.5 Å². The molecule has 0 aliphatic carbocycles. The van der Waals surface area contributed by atoms with Gasteiger partial charge in [-0.05, 0) is 47.9 Å². The van der Waals surface area contributed by atoms with Crippen molar-refractivity contribution >= 4 is 54.4 Å². The van der Waals surface area contributed by atoms with Gasteiger partial charge < -0.3 is 14.1 Å². The van der Waals surface area contributed by atoms with E-state index in [2.05, 4.69) is 9.88 Å². The van der Waals surface area contributed by atoms with E-state index in [0.717, 1.165) is 39.2 Å². The maximum atomic E-state index is 12.9. The van der Waals surface area contributed by atoms with Gasteiger partial charge in [-0.2, -0.15) is 0 Å². The Morgan fingerprint density at radius 1 is 1.00 bits per heavy atom. The molecule has 5 aromatic rings. The summed E-state index contributed by atoms with van der Waals surface area (Å²) >= 11 is 1.58. The summed E-state index contributed by atoms with van der Waals surface area (Å²) in [4.78, 5) is 32.3. The summed E-state index contributed by atoms with van der Waals surface area (Å²) in [7, 11) is 0. The van der Waals surface area contributed by atoms with Crippen LogP contribution in [0.5, 0.6) is 5.75 Å². The molecule has 1 aliphatic heterocycles. The van der Waals surface area contributed by atoms with Crippen LogP contribution in [0.1, 0.15) is 23.2 Å². The first-order valence-electron chi connectivity index (χ1n) is 10.5. The lowest BCUT2D eigenvalue weighted by Gasteiger charge is -2.11. The monoisotopic (exact) mass is 442 g/mol. The van der Waals surface area contributed by atoms with Gasteiger partial charge in [0.05, 0.1) is 10.2 Å². The van der Waals surface area contributed by atoms with E-state index in [1.165, 1.54) is 12.8 Å². The second-order valence-electron chi connectivity index (χ2n) is 7.86. The van der Waals surface area contributed by atoms with E-state index < -0.39 is 11.6 Å². The average Bonchev–Trinajstić information content (AvgIpc) is 3.48. The van der Waals surface area contributed by atoms with Gasteiger partial charge >= 0.3 is 11.6 Å². The molecular formula is C25H18N2O4S. The Morgan fingerprint density at radius 2 is 1.84 bits per heavy atom. The standard InChI is InChI=1S/C25H18N2O4S/c28-23(19-14-18-17-6-2-1-5-15(17)7-10-21(18)31-24(19)29)30-16-8-9-20-22(13-16)32-25(26-20)27-11-3-4-12-27/h1-2,5-10,13-14H,3-4,11-12H2. The largest absolute Gasteiger partial charge is 0.423 e. The molecule has 0 bridgehead atoms. The van der Waals surface area contributed by atoms with Crippen molar-refractivity contribution in [2.24, 2.45) is 0 Å². The summed E-state index contributed by atoms with van der Waals surface area (Å²) in [6, 6.07) is 18.3. The second kappa shape index (κ2) is 7.46. The minimum Gasteiger partial charge on any atom is -0.423 e. The first-order chi connectivity index (χ1) is 15.7. The molecule has 1 aliphatic rings. The van der Waals surface area contributed by atoms with Gasteiger partial charge in [-0.15, -0.1) is 0 Å². The number of ether oxygens (including phenoxy) is 1. The number of rotatable bonds is 3. The lowest BCUT2D eigenvalue weighted by molar-refractivity contribution is 0.0731. The Bertz CT molecular complexity index is 1560. The third kappa shape index (κ3) is 3.22. The van der Waals surface area contributed by atoms with Crippen LogP contribution in [0.2, 0.25) is 0 Å². The molecule has 0 atom stereocenters. The van der Waals surface area contributed by atoms with Gasteiger partial charge in [0.1, 0.15) is 16.9 Å². The third-order valence-electron chi connectivity index (χ3n) is 5.80. The first-order valence-corrected chi connectivity index (χ1v) is 11.3. The highest BCUT2D eigenvalue weighted by Gasteiger charge is 2.19. The van der Waals surface area contributed by atoms with Gasteiger partial charge in [-0.25, -0.2) is 14.6 Å². The minimum atomic E-state index is -0.739. The van der Waals surface area contributed by atoms with Crippen molar-refractivity contribution in [1.82, 2.24) is 4.98 Å². The Labute approximate surface area is 186 Å². The van der Waals surface area contributed by atoms with E-state index in [0.29, 0.717) is 16.7 Å². The summed E-state index contributed by atoms with van der Waals surface area (Å²) in [6.07, 6.45) is 2.37. The van der Waals surface area contributed by atoms with Gasteiger partial charge in [0.2, 0.25) is 0 Å². The fourth-order valence-corrected chi connectivity index (χ4v) is 5.22. The minimum absolute atomic E-state index is 0.129. The molecule has 0 saturated carbocycles. The van der Waals surface area contributed by atoms with E-state index in [9.17, 15) is 9.59 Å². The zero-order chi connectivity index (χ0) is 21.7. The Morgan fingerprint density at radius 3 is 2.72 bits per heavy atom. The van der Waals surface area contributed by atoms with E-state index in [1.54, 1.807) is 35.6 Å². The van der Waals surface area contributed by atoms with E-state index in [-0.39, 0.29) is 5.56 Å². The van der Waals surface area contributed by atoms with Gasteiger partial charge in [0.15, 0.2) is 5.13 Å². The fraction of sp³-hybridized carbons (Fsp3) is 0.160. The fourth-order valence-electron chi connectivity index (χ4n) is 4.18. The molecule has 1 fully saturated rings. The lowest BCUT2D eigenvalue weighted by atomic mass is 10.0. The molecule has 7 heteroatoms. The zero-order valence-electron chi connectivity index (χ0n) is 17.0. The number of fused-ring (bicyclic) bond motifs is 4. The number of thiazole rings is 1. The highest BCUT2D eigenvalue weighted by atomic mass is 32.1. The second-order valence-corrected chi connectivity index (χ2v) is 8.86. The van der Waals surface area contributed by atoms with Crippen molar-refractivity contribution in [3.63, 3.8) is 0 Å². The molecule has 0 N–H and O–H groups in total. The van der Waals surface area contributed by atoms with Crippen LogP contribution in [0.15, 0.2) is 69.9 Å². The van der Waals surface area contributed by atoms with E-state index >= 15 is 0 Å². The van der Waals surface area contributed by atoms with Crippen LogP contribution in [-0.4, -0.2) is 24.0 Å². The van der Waals surface area contributed by atoms with Crippen LogP contribution in [0.25, 0.3) is 32.0 Å². The Hall–Kier alpha value is -3.71. The summed E-state index contributed by atoms with van der Waals surface area (Å²) in [5.41, 5.74) is 0.461. The Kier molecular flexibility index (Phi) is 4.43. The number of hydrogen-bond acceptors (Lipinski definition) is 7. The normalized spacial score (nSPS) is 13.9. The van der Waals surface area contributed by atoms with Crippen molar-refractivity contribution in [3.05, 3.63) is 76.6 Å². The van der Waals surface area contributed by atoms with Gasteiger partial charge in [0.25, 0.3) is 0 Å². The van der Waals surface area contributed by atoms with Crippen molar-refractivity contribution in [2.45, 2.75) is 12.8 Å². The highest BCUT2D eigenvalue weighted by Crippen LogP contribution is 2.33. The van der Waals surface area contributed by atoms with Crippen molar-refractivity contribution in [2.75, 3.05) is 18.0 Å². The molecule has 32 heavy (non-hydrogen) atoms. The molecule has 1 saturated heterocycles. The number of nitrogens with zero attached hydrogens (tertiary/aromatic N) is 2. The topological polar surface area (TPSA) is 72.6 Å². The number of hydrogen-bond donors (Lipinski definition) is 0. The summed E-state index contributed by atoms with van der Waals surface area (Å²) in [5, 5.41) is 3.59. The van der Waals surface area contributed by atoms with Crippen LogP contribution >= 0.6 is 11.3 Å². The number of esters is 1. The van der Waals surface area contributed by atoms with Crippen molar-refractivity contribution < 1.29 is 13.9 Å². The number of benzene rings is 3. The van der Waals surface area contributed by atoms with Crippen LogP contribution in [0.3, 0.4) is 0 Å². The molecular weight excluding hydrogens is 424 g/mol. The maximum absolute atomic E-state index is 12.9. The van der Waals surface area contributed by atoms with Crippen LogP contribution in [0, 0.1) is 0 Å². The highest BCUT2D eigenvalue weighted by molar-refractivity contribution is 7.22. The summed E-state index contributed by atoms with van der Waals surface area (Å²) < 4.78 is 11.9. The summed E-state index contributed by atoms with van der Waals surface area (Å²) in [5.74, 6) is -0.367. The number of anilines is 1. The molecule has 0 spiro atoms. The Balaban J connectivity index is 1.34. The molecule has 158 valence electrons. The van der Waals surface area contributed by atoms with Crippen LogP contribution in [-0.2, 0) is 0 Å². The van der Waals surface area contributed by atoms with Crippen LogP contribution in [0.4, 0.5) is 5.13 Å². The molecule has 3 heterocycles. The summed E-state index contributed by atoms with van der Waals surface area (Å²) in [6.45, 7) is 2.04. The first kappa shape index (κ1) is 19.0. The average molecular weight is 442 g/mol. The molecule has 0 unspecified atom stereocenters. The predicted molar refractivity (Wildman–Crippen MR) is 126 cm³/mol. The zero-order valence-corrected chi connectivity index (χ0v) is 17.9. The molecule has 3 aromatic carbocycles.